The molecule has 4 rings (SSSR count). The van der Waals surface area contributed by atoms with Crippen molar-refractivity contribution in [2.24, 2.45) is 11.8 Å². The van der Waals surface area contributed by atoms with Gasteiger partial charge in [0, 0.05) is 95.3 Å². The van der Waals surface area contributed by atoms with Gasteiger partial charge in [0.15, 0.2) is 0 Å². The number of pyridine rings is 1. The number of nitrogens with one attached hydrogen (secondary N) is 5. The fourth-order valence-electron chi connectivity index (χ4n) is 11.0. The summed E-state index contributed by atoms with van der Waals surface area (Å²) in [5.41, 5.74) is -3.35. The second kappa shape index (κ2) is 38.0. The first-order valence-corrected chi connectivity index (χ1v) is 34.8. The van der Waals surface area contributed by atoms with Crippen LogP contribution >= 0.6 is 0 Å². The number of rotatable bonds is 27. The van der Waals surface area contributed by atoms with E-state index in [-0.39, 0.29) is 82.1 Å². The SMILES string of the molecule is CC(C)(C)OC(=O)CC[C@H](NC(=O)N[C@@H](CCCCNC(=O)[C@H](Cc1ccc2ccccc2n1)NC(=O)C1CCC(CNC(=O)CN2CCN(CC(=O)OC(C)(C)C)CCN(CC(=O)OC(C)(C)C)CCN(CC(=O)OC(C)(C)C)CC2)CC1)C(=O)OC(C)(C)C)C(=O)OC(C)(C)C. The van der Waals surface area contributed by atoms with Gasteiger partial charge in [-0.15, -0.1) is 0 Å². The van der Waals surface area contributed by atoms with Crippen molar-refractivity contribution in [1.29, 1.82) is 0 Å². The van der Waals surface area contributed by atoms with Crippen LogP contribution in [0.2, 0.25) is 0 Å². The Bertz CT molecular complexity index is 2920. The molecule has 5 N–H and O–H groups in total. The van der Waals surface area contributed by atoms with Crippen LogP contribution in [-0.2, 0) is 78.0 Å². The van der Waals surface area contributed by atoms with E-state index in [9.17, 15) is 47.9 Å². The average Bonchev–Trinajstić information content (AvgIpc) is 0.835. The van der Waals surface area contributed by atoms with Crippen LogP contribution in [0, 0.1) is 11.8 Å². The number of urea groups is 1. The molecular formula is C72H118N10O16. The van der Waals surface area contributed by atoms with E-state index in [4.69, 9.17) is 33.4 Å². The summed E-state index contributed by atoms with van der Waals surface area (Å²) in [7, 11) is 0. The van der Waals surface area contributed by atoms with Crippen molar-refractivity contribution >= 4 is 70.5 Å². The quantitative estimate of drug-likeness (QED) is 0.0359. The van der Waals surface area contributed by atoms with Crippen molar-refractivity contribution in [2.45, 2.75) is 241 Å². The Morgan fingerprint density at radius 3 is 1.33 bits per heavy atom. The molecule has 0 unspecified atom stereocenters. The van der Waals surface area contributed by atoms with Crippen LogP contribution in [0.25, 0.3) is 10.9 Å². The van der Waals surface area contributed by atoms with Gasteiger partial charge in [-0.25, -0.2) is 14.4 Å². The monoisotopic (exact) mass is 1380 g/mol. The minimum atomic E-state index is -1.26. The van der Waals surface area contributed by atoms with E-state index in [1.54, 1.807) is 62.3 Å². The largest absolute Gasteiger partial charge is 0.460 e. The second-order valence-electron chi connectivity index (χ2n) is 31.8. The first kappa shape index (κ1) is 83.4. The lowest BCUT2D eigenvalue weighted by Crippen LogP contribution is -2.53. The summed E-state index contributed by atoms with van der Waals surface area (Å²) in [6.07, 6.45) is 2.89. The zero-order valence-electron chi connectivity index (χ0n) is 62.1. The van der Waals surface area contributed by atoms with Gasteiger partial charge in [-0.2, -0.15) is 0 Å². The Kier molecular flexibility index (Phi) is 32.3. The first-order chi connectivity index (χ1) is 45.3. The molecule has 1 aromatic carbocycles. The number of esters is 6. The summed E-state index contributed by atoms with van der Waals surface area (Å²) in [5.74, 6) is -4.47. The van der Waals surface area contributed by atoms with E-state index in [1.807, 2.05) is 118 Å². The lowest BCUT2D eigenvalue weighted by molar-refractivity contribution is -0.159. The van der Waals surface area contributed by atoms with Gasteiger partial charge in [0.2, 0.25) is 17.7 Å². The summed E-state index contributed by atoms with van der Waals surface area (Å²) in [6, 6.07) is 7.05. The molecule has 26 nitrogen and oxygen atoms in total. The maximum absolute atomic E-state index is 14.2. The van der Waals surface area contributed by atoms with Crippen molar-refractivity contribution in [2.75, 3.05) is 91.6 Å². The Labute approximate surface area is 581 Å². The number of aromatic nitrogens is 1. The van der Waals surface area contributed by atoms with Gasteiger partial charge >= 0.3 is 41.8 Å². The number of ether oxygens (including phenoxy) is 6. The van der Waals surface area contributed by atoms with Crippen LogP contribution in [-0.4, -0.2) is 228 Å². The minimum absolute atomic E-state index is 0.00435. The van der Waals surface area contributed by atoms with E-state index in [2.05, 4.69) is 26.6 Å². The molecule has 2 aromatic rings. The van der Waals surface area contributed by atoms with Crippen molar-refractivity contribution in [1.82, 2.24) is 51.2 Å². The van der Waals surface area contributed by atoms with Crippen LogP contribution in [0.5, 0.6) is 0 Å². The number of carbonyl (C=O) groups is 10. The lowest BCUT2D eigenvalue weighted by Gasteiger charge is -2.34. The summed E-state index contributed by atoms with van der Waals surface area (Å²) in [4.78, 5) is 148. The molecule has 0 bridgehead atoms. The predicted octanol–water partition coefficient (Wildman–Crippen LogP) is 6.56. The number of para-hydroxylation sites is 1. The molecular weight excluding hydrogens is 1260 g/mol. The minimum Gasteiger partial charge on any atom is -0.460 e. The molecule has 1 aromatic heterocycles. The molecule has 1 aliphatic carbocycles. The van der Waals surface area contributed by atoms with Crippen molar-refractivity contribution in [3.63, 3.8) is 0 Å². The molecule has 1 saturated carbocycles. The summed E-state index contributed by atoms with van der Waals surface area (Å²) >= 11 is 0. The third-order valence-electron chi connectivity index (χ3n) is 15.4. The summed E-state index contributed by atoms with van der Waals surface area (Å²) < 4.78 is 33.7. The van der Waals surface area contributed by atoms with Gasteiger partial charge in [0.05, 0.1) is 31.7 Å². The standard InChI is InChI=1S/C72H118N10O16/c1-67(2,3)93-58(84)33-32-55(65(91)98-72(16,17)18)78-66(92)77-54(64(90)97-71(13,14)15)25-21-22-34-73-63(89)56(43-52-31-30-50-23-19-20-24-53(50)75-52)76-62(88)51-28-26-49(27-29-51)44-74-57(83)45-79-35-37-80(46-59(85)94-68(4,5)6)39-41-82(48-61(87)96-70(10,11)12)42-40-81(38-36-79)47-60(86)95-69(7,8)9/h19-20,23-24,30-31,49,51,54-56H,21-22,25-29,32-48H2,1-18H3,(H,73,89)(H,74,83)(H,76,88)(H2,77,78,92)/t49?,51?,54-,55-,56-/m0/s1. The maximum atomic E-state index is 14.2. The highest BCUT2D eigenvalue weighted by molar-refractivity contribution is 5.89. The molecule has 3 atom stereocenters. The molecule has 2 heterocycles. The molecule has 2 fully saturated rings. The average molecular weight is 1380 g/mol. The number of fused-ring (bicyclic) bond motifs is 1. The van der Waals surface area contributed by atoms with E-state index < -0.39 is 99.4 Å². The van der Waals surface area contributed by atoms with Crippen LogP contribution in [0.1, 0.15) is 188 Å². The molecule has 98 heavy (non-hydrogen) atoms. The molecule has 1 aliphatic heterocycles. The fraction of sp³-hybridized carbons (Fsp3) is 0.736. The number of hydrogen-bond acceptors (Lipinski definition) is 21. The van der Waals surface area contributed by atoms with Crippen molar-refractivity contribution < 1.29 is 76.4 Å². The Hall–Kier alpha value is -7.03. The topological polar surface area (TPSA) is 312 Å². The third kappa shape index (κ3) is 35.7. The molecule has 552 valence electrons. The Morgan fingerprint density at radius 1 is 0.459 bits per heavy atom. The van der Waals surface area contributed by atoms with Gasteiger partial charge in [0.25, 0.3) is 0 Å². The number of unbranched alkanes of at least 4 members (excludes halogenated alkanes) is 1. The zero-order valence-corrected chi connectivity index (χ0v) is 62.1. The Morgan fingerprint density at radius 2 is 0.878 bits per heavy atom. The van der Waals surface area contributed by atoms with Gasteiger partial charge in [-0.3, -0.25) is 58.1 Å². The highest BCUT2D eigenvalue weighted by Crippen LogP contribution is 2.29. The molecule has 1 saturated heterocycles. The highest BCUT2D eigenvalue weighted by Gasteiger charge is 2.35. The van der Waals surface area contributed by atoms with Gasteiger partial charge in [-0.05, 0) is 194 Å². The van der Waals surface area contributed by atoms with E-state index in [0.717, 1.165) is 10.9 Å². The summed E-state index contributed by atoms with van der Waals surface area (Å²) in [5, 5.41) is 15.3. The number of nitrogens with zero attached hydrogens (tertiary/aromatic N) is 5. The van der Waals surface area contributed by atoms with Gasteiger partial charge in [-0.1, -0.05) is 24.3 Å². The van der Waals surface area contributed by atoms with Crippen LogP contribution < -0.4 is 26.6 Å². The van der Waals surface area contributed by atoms with Gasteiger partial charge in [0.1, 0.15) is 51.7 Å². The van der Waals surface area contributed by atoms with Gasteiger partial charge < -0.3 is 55.0 Å². The molecule has 0 radical (unpaired) electrons. The second-order valence-corrected chi connectivity index (χ2v) is 31.8. The van der Waals surface area contributed by atoms with Crippen LogP contribution in [0.15, 0.2) is 36.4 Å². The molecule has 0 spiro atoms. The van der Waals surface area contributed by atoms with Crippen molar-refractivity contribution in [3.05, 3.63) is 42.1 Å². The van der Waals surface area contributed by atoms with Crippen molar-refractivity contribution in [3.8, 4) is 0 Å². The van der Waals surface area contributed by atoms with E-state index >= 15 is 0 Å². The first-order valence-electron chi connectivity index (χ1n) is 34.8. The van der Waals surface area contributed by atoms with Crippen LogP contribution in [0.4, 0.5) is 4.79 Å². The predicted molar refractivity (Wildman–Crippen MR) is 372 cm³/mol. The third-order valence-corrected chi connectivity index (χ3v) is 15.4. The molecule has 26 heteroatoms. The maximum Gasteiger partial charge on any atom is 0.329 e. The van der Waals surface area contributed by atoms with Crippen LogP contribution in [0.3, 0.4) is 0 Å². The summed E-state index contributed by atoms with van der Waals surface area (Å²) in [6.45, 7) is 35.3. The highest BCUT2D eigenvalue weighted by atomic mass is 16.6. The normalized spacial score (nSPS) is 18.0. The smallest absolute Gasteiger partial charge is 0.329 e. The number of carbonyl (C=O) groups excluding carboxylic acids is 10. The fourth-order valence-corrected chi connectivity index (χ4v) is 11.0. The van der Waals surface area contributed by atoms with E-state index in [0.29, 0.717) is 103 Å². The number of hydrogen-bond donors (Lipinski definition) is 5. The zero-order chi connectivity index (χ0) is 73.4. The number of amides is 5. The Balaban J connectivity index is 1.41. The number of benzene rings is 1. The van der Waals surface area contributed by atoms with E-state index in [1.165, 1.54) is 0 Å². The molecule has 5 amide bonds. The lowest BCUT2D eigenvalue weighted by atomic mass is 9.81. The molecule has 2 aliphatic rings.